The van der Waals surface area contributed by atoms with E-state index >= 15 is 0 Å². The van der Waals surface area contributed by atoms with Crippen molar-refractivity contribution in [2.24, 2.45) is 0 Å². The Morgan fingerprint density at radius 1 is 1.10 bits per heavy atom. The van der Waals surface area contributed by atoms with Crippen LogP contribution in [0.1, 0.15) is 5.56 Å². The number of ether oxygens (including phenoxy) is 4. The zero-order valence-corrected chi connectivity index (χ0v) is 18.1. The molecule has 9 nitrogen and oxygen atoms in total. The van der Waals surface area contributed by atoms with Gasteiger partial charge < -0.3 is 23.8 Å². The van der Waals surface area contributed by atoms with Gasteiger partial charge in [-0.25, -0.2) is 8.42 Å². The summed E-state index contributed by atoms with van der Waals surface area (Å²) in [5.74, 6) is 0.127. The lowest BCUT2D eigenvalue weighted by Crippen LogP contribution is -2.40. The largest absolute Gasteiger partial charge is 0.495 e. The van der Waals surface area contributed by atoms with Crippen LogP contribution in [-0.2, 0) is 35.4 Å². The zero-order chi connectivity index (χ0) is 21.3. The molecular formula is C19H30N2O7S. The van der Waals surface area contributed by atoms with E-state index in [0.29, 0.717) is 45.1 Å². The molecule has 1 aromatic rings. The second-order valence-electron chi connectivity index (χ2n) is 6.54. The highest BCUT2D eigenvalue weighted by Crippen LogP contribution is 2.28. The molecule has 1 aliphatic rings. The van der Waals surface area contributed by atoms with E-state index in [1.54, 1.807) is 31.3 Å². The van der Waals surface area contributed by atoms with Crippen LogP contribution in [0.3, 0.4) is 0 Å². The molecule has 1 aliphatic heterocycles. The standard InChI is InChI=1S/C19H30N2O7S/c1-25-10-6-20(7-11-26-2)19(22)15-16-4-5-17(27-3)18(14-16)29(23,24)21-8-12-28-13-9-21/h4-5,14H,6-13,15H2,1-3H3. The number of methoxy groups -OCH3 is 3. The summed E-state index contributed by atoms with van der Waals surface area (Å²) >= 11 is 0. The molecule has 0 aromatic heterocycles. The molecule has 0 saturated carbocycles. The second-order valence-corrected chi connectivity index (χ2v) is 8.45. The van der Waals surface area contributed by atoms with E-state index in [-0.39, 0.29) is 36.1 Å². The minimum Gasteiger partial charge on any atom is -0.495 e. The van der Waals surface area contributed by atoms with Gasteiger partial charge in [0.05, 0.1) is 40.0 Å². The maximum Gasteiger partial charge on any atom is 0.246 e. The Morgan fingerprint density at radius 2 is 1.72 bits per heavy atom. The number of benzene rings is 1. The molecule has 1 saturated heterocycles. The van der Waals surface area contributed by atoms with E-state index < -0.39 is 10.0 Å². The second kappa shape index (κ2) is 11.5. The van der Waals surface area contributed by atoms with Crippen molar-refractivity contribution < 1.29 is 32.2 Å². The fourth-order valence-corrected chi connectivity index (χ4v) is 4.62. The molecule has 0 aliphatic carbocycles. The zero-order valence-electron chi connectivity index (χ0n) is 17.3. The molecule has 10 heteroatoms. The van der Waals surface area contributed by atoms with Gasteiger partial charge in [-0.15, -0.1) is 0 Å². The molecule has 1 heterocycles. The number of morpholine rings is 1. The molecule has 2 rings (SSSR count). The number of carbonyl (C=O) groups excluding carboxylic acids is 1. The van der Waals surface area contributed by atoms with Crippen LogP contribution in [0.4, 0.5) is 0 Å². The van der Waals surface area contributed by atoms with E-state index in [2.05, 4.69) is 0 Å². The van der Waals surface area contributed by atoms with Gasteiger partial charge in [0.15, 0.2) is 0 Å². The first-order valence-electron chi connectivity index (χ1n) is 9.44. The predicted octanol–water partition coefficient (Wildman–Crippen LogP) is 0.380. The van der Waals surface area contributed by atoms with Crippen LogP contribution < -0.4 is 4.74 Å². The minimum atomic E-state index is -3.75. The SMILES string of the molecule is COCCN(CCOC)C(=O)Cc1ccc(OC)c(S(=O)(=O)N2CCOCC2)c1. The number of sulfonamides is 1. The summed E-state index contributed by atoms with van der Waals surface area (Å²) < 4.78 is 48.2. The van der Waals surface area contributed by atoms with E-state index in [0.717, 1.165) is 0 Å². The monoisotopic (exact) mass is 430 g/mol. The molecule has 0 atom stereocenters. The molecule has 1 amide bonds. The average Bonchev–Trinajstić information content (AvgIpc) is 2.74. The van der Waals surface area contributed by atoms with Crippen molar-refractivity contribution in [3.05, 3.63) is 23.8 Å². The fourth-order valence-electron chi connectivity index (χ4n) is 3.01. The summed E-state index contributed by atoms with van der Waals surface area (Å²) in [5.41, 5.74) is 0.600. The summed E-state index contributed by atoms with van der Waals surface area (Å²) in [6, 6.07) is 4.82. The summed E-state index contributed by atoms with van der Waals surface area (Å²) in [7, 11) is 0.827. The number of hydrogen-bond acceptors (Lipinski definition) is 7. The molecule has 1 fully saturated rings. The Kier molecular flexibility index (Phi) is 9.31. The van der Waals surface area contributed by atoms with Crippen molar-refractivity contribution in [2.45, 2.75) is 11.3 Å². The van der Waals surface area contributed by atoms with Crippen LogP contribution in [0, 0.1) is 0 Å². The van der Waals surface area contributed by atoms with Crippen molar-refractivity contribution in [2.75, 3.05) is 73.9 Å². The Morgan fingerprint density at radius 3 is 2.28 bits per heavy atom. The van der Waals surface area contributed by atoms with Crippen LogP contribution in [-0.4, -0.2) is 97.5 Å². The van der Waals surface area contributed by atoms with Crippen molar-refractivity contribution in [3.63, 3.8) is 0 Å². The van der Waals surface area contributed by atoms with Crippen LogP contribution in [0.25, 0.3) is 0 Å². The van der Waals surface area contributed by atoms with E-state index in [4.69, 9.17) is 18.9 Å². The van der Waals surface area contributed by atoms with Crippen LogP contribution in [0.2, 0.25) is 0 Å². The quantitative estimate of drug-likeness (QED) is 0.501. The first-order valence-corrected chi connectivity index (χ1v) is 10.9. The topological polar surface area (TPSA) is 94.6 Å². The van der Waals surface area contributed by atoms with E-state index in [1.807, 2.05) is 0 Å². The molecule has 0 spiro atoms. The van der Waals surface area contributed by atoms with Gasteiger partial charge in [0.25, 0.3) is 0 Å². The number of nitrogens with zero attached hydrogens (tertiary/aromatic N) is 2. The highest BCUT2D eigenvalue weighted by Gasteiger charge is 2.29. The normalized spacial score (nSPS) is 15.3. The Hall–Kier alpha value is -1.72. The Bertz CT molecular complexity index is 756. The molecule has 164 valence electrons. The van der Waals surface area contributed by atoms with Gasteiger partial charge in [0.1, 0.15) is 10.6 Å². The fraction of sp³-hybridized carbons (Fsp3) is 0.632. The third kappa shape index (κ3) is 6.38. The number of hydrogen-bond donors (Lipinski definition) is 0. The summed E-state index contributed by atoms with van der Waals surface area (Å²) in [4.78, 5) is 14.5. The van der Waals surface area contributed by atoms with Crippen molar-refractivity contribution in [3.8, 4) is 5.75 Å². The summed E-state index contributed by atoms with van der Waals surface area (Å²) in [6.07, 6.45) is 0.0725. The minimum absolute atomic E-state index is 0.0625. The summed E-state index contributed by atoms with van der Waals surface area (Å²) in [6.45, 7) is 2.99. The Labute approximate surface area is 172 Å². The van der Waals surface area contributed by atoms with Gasteiger partial charge in [-0.05, 0) is 17.7 Å². The molecule has 0 unspecified atom stereocenters. The molecule has 29 heavy (non-hydrogen) atoms. The average molecular weight is 431 g/mol. The first-order chi connectivity index (χ1) is 13.9. The molecule has 0 radical (unpaired) electrons. The lowest BCUT2D eigenvalue weighted by molar-refractivity contribution is -0.131. The van der Waals surface area contributed by atoms with Gasteiger partial charge in [-0.1, -0.05) is 6.07 Å². The third-order valence-corrected chi connectivity index (χ3v) is 6.57. The molecule has 0 N–H and O–H groups in total. The number of rotatable bonds is 11. The smallest absolute Gasteiger partial charge is 0.246 e. The van der Waals surface area contributed by atoms with E-state index in [9.17, 15) is 13.2 Å². The lowest BCUT2D eigenvalue weighted by atomic mass is 10.1. The lowest BCUT2D eigenvalue weighted by Gasteiger charge is -2.27. The molecular weight excluding hydrogens is 400 g/mol. The first kappa shape index (κ1) is 23.6. The maximum atomic E-state index is 13.1. The van der Waals surface area contributed by atoms with Gasteiger partial charge >= 0.3 is 0 Å². The predicted molar refractivity (Wildman–Crippen MR) is 107 cm³/mol. The highest BCUT2D eigenvalue weighted by atomic mass is 32.2. The van der Waals surface area contributed by atoms with Crippen molar-refractivity contribution >= 4 is 15.9 Å². The van der Waals surface area contributed by atoms with Gasteiger partial charge in [0.2, 0.25) is 15.9 Å². The third-order valence-electron chi connectivity index (χ3n) is 4.65. The van der Waals surface area contributed by atoms with Crippen molar-refractivity contribution in [1.29, 1.82) is 0 Å². The Balaban J connectivity index is 2.23. The van der Waals surface area contributed by atoms with Gasteiger partial charge in [-0.2, -0.15) is 4.31 Å². The summed E-state index contributed by atoms with van der Waals surface area (Å²) in [5, 5.41) is 0. The highest BCUT2D eigenvalue weighted by molar-refractivity contribution is 7.89. The van der Waals surface area contributed by atoms with Crippen LogP contribution >= 0.6 is 0 Å². The van der Waals surface area contributed by atoms with Gasteiger partial charge in [-0.3, -0.25) is 4.79 Å². The van der Waals surface area contributed by atoms with Crippen LogP contribution in [0.5, 0.6) is 5.75 Å². The van der Waals surface area contributed by atoms with Gasteiger partial charge in [0, 0.05) is 40.4 Å². The van der Waals surface area contributed by atoms with Crippen LogP contribution in [0.15, 0.2) is 23.1 Å². The maximum absolute atomic E-state index is 13.1. The van der Waals surface area contributed by atoms with Crippen molar-refractivity contribution in [1.82, 2.24) is 9.21 Å². The molecule has 0 bridgehead atoms. The number of carbonyl (C=O) groups is 1. The molecule has 1 aromatic carbocycles. The van der Waals surface area contributed by atoms with E-state index in [1.165, 1.54) is 17.5 Å². The number of amides is 1.